The molecule has 2 aliphatic heterocycles. The van der Waals surface area contributed by atoms with Crippen molar-refractivity contribution in [2.45, 2.75) is 24.0 Å². The van der Waals surface area contributed by atoms with E-state index in [2.05, 4.69) is 6.58 Å². The molecule has 22 heavy (non-hydrogen) atoms. The summed E-state index contributed by atoms with van der Waals surface area (Å²) in [6, 6.07) is 6.23. The predicted molar refractivity (Wildman–Crippen MR) is 78.3 cm³/mol. The number of benzene rings is 1. The highest BCUT2D eigenvalue weighted by Crippen LogP contribution is 2.40. The molecule has 0 bridgehead atoms. The predicted octanol–water partition coefficient (Wildman–Crippen LogP) is 2.32. The normalized spacial score (nSPS) is 24.5. The van der Waals surface area contributed by atoms with Gasteiger partial charge in [0.05, 0.1) is 11.2 Å². The number of carbonyl (C=O) groups excluding carboxylic acids is 1. The molecule has 7 heteroatoms. The topological polar surface area (TPSA) is 72.9 Å². The summed E-state index contributed by atoms with van der Waals surface area (Å²) in [5, 5.41) is 0. The van der Waals surface area contributed by atoms with Gasteiger partial charge in [-0.3, -0.25) is 0 Å². The first-order chi connectivity index (χ1) is 10.4. The smallest absolute Gasteiger partial charge is 0.427 e. The van der Waals surface area contributed by atoms with Gasteiger partial charge in [-0.25, -0.2) is 13.2 Å². The highest BCUT2D eigenvalue weighted by molar-refractivity contribution is 7.89. The summed E-state index contributed by atoms with van der Waals surface area (Å²) >= 11 is 0. The second-order valence-corrected chi connectivity index (χ2v) is 7.01. The number of carbonyl (C=O) groups is 1. The van der Waals surface area contributed by atoms with Gasteiger partial charge in [-0.2, -0.15) is 4.31 Å². The first kappa shape index (κ1) is 14.6. The fraction of sp³-hybridized carbons (Fsp3) is 0.267. The third-order valence-electron chi connectivity index (χ3n) is 3.72. The quantitative estimate of drug-likeness (QED) is 0.782. The van der Waals surface area contributed by atoms with E-state index in [0.29, 0.717) is 16.3 Å². The van der Waals surface area contributed by atoms with Crippen LogP contribution in [0, 0.1) is 6.92 Å². The Kier molecular flexibility index (Phi) is 3.25. The van der Waals surface area contributed by atoms with Crippen molar-refractivity contribution in [1.82, 2.24) is 4.31 Å². The van der Waals surface area contributed by atoms with Crippen LogP contribution in [-0.2, 0) is 19.5 Å². The molecule has 2 heterocycles. The minimum Gasteiger partial charge on any atom is -0.467 e. The van der Waals surface area contributed by atoms with Gasteiger partial charge >= 0.3 is 6.09 Å². The van der Waals surface area contributed by atoms with Gasteiger partial charge in [0.2, 0.25) is 0 Å². The Hall–Kier alpha value is -2.28. The van der Waals surface area contributed by atoms with E-state index in [1.54, 1.807) is 18.2 Å². The number of sulfonamides is 1. The van der Waals surface area contributed by atoms with E-state index in [4.69, 9.17) is 9.47 Å². The minimum absolute atomic E-state index is 0.00211. The van der Waals surface area contributed by atoms with E-state index in [1.165, 1.54) is 18.4 Å². The number of nitrogens with zero attached hydrogens (tertiary/aromatic N) is 1. The Morgan fingerprint density at radius 2 is 1.95 bits per heavy atom. The second kappa shape index (κ2) is 4.88. The third kappa shape index (κ3) is 2.00. The molecule has 0 unspecified atom stereocenters. The summed E-state index contributed by atoms with van der Waals surface area (Å²) in [5.74, 6) is 0. The maximum Gasteiger partial charge on any atom is 0.427 e. The molecule has 1 saturated heterocycles. The Morgan fingerprint density at radius 1 is 1.27 bits per heavy atom. The zero-order chi connectivity index (χ0) is 16.0. The van der Waals surface area contributed by atoms with Gasteiger partial charge in [-0.15, -0.1) is 0 Å². The lowest BCUT2D eigenvalue weighted by Crippen LogP contribution is -2.53. The van der Waals surface area contributed by atoms with Crippen LogP contribution in [-0.4, -0.2) is 31.1 Å². The van der Waals surface area contributed by atoms with E-state index in [0.717, 1.165) is 5.56 Å². The molecule has 0 N–H and O–H groups in total. The molecule has 1 fully saturated rings. The first-order valence-electron chi connectivity index (χ1n) is 6.68. The van der Waals surface area contributed by atoms with Crippen molar-refractivity contribution in [1.29, 1.82) is 0 Å². The maximum absolute atomic E-state index is 12.9. The van der Waals surface area contributed by atoms with Gasteiger partial charge in [0.25, 0.3) is 15.7 Å². The third-order valence-corrected chi connectivity index (χ3v) is 5.51. The summed E-state index contributed by atoms with van der Waals surface area (Å²) in [4.78, 5) is 12.1. The monoisotopic (exact) mass is 321 g/mol. The number of cyclic esters (lactones) is 1. The Balaban J connectivity index is 2.11. The standard InChI is InChI=1S/C15H15NO5S/c1-11-5-7-13(8-6-11)22(18,19)16-14(17)20-10-15(16)12(2)4-3-9-21-15/h3,5-9H,2,4,10H2,1H3/t15-/m0/s1. The average molecular weight is 321 g/mol. The number of ether oxygens (including phenoxy) is 2. The molecular weight excluding hydrogens is 306 g/mol. The summed E-state index contributed by atoms with van der Waals surface area (Å²) in [6.45, 7) is 5.48. The van der Waals surface area contributed by atoms with Crippen molar-refractivity contribution < 1.29 is 22.7 Å². The molecule has 1 aromatic rings. The molecule has 0 radical (unpaired) electrons. The molecule has 0 aromatic heterocycles. The number of hydrogen-bond acceptors (Lipinski definition) is 5. The van der Waals surface area contributed by atoms with E-state index < -0.39 is 21.8 Å². The second-order valence-electron chi connectivity index (χ2n) is 5.22. The summed E-state index contributed by atoms with van der Waals surface area (Å²) < 4.78 is 36.8. The number of allylic oxidation sites excluding steroid dienone is 1. The number of amides is 1. The van der Waals surface area contributed by atoms with E-state index in [9.17, 15) is 13.2 Å². The molecule has 0 saturated carbocycles. The van der Waals surface area contributed by atoms with Gasteiger partial charge in [0.1, 0.15) is 0 Å². The first-order valence-corrected chi connectivity index (χ1v) is 8.12. The largest absolute Gasteiger partial charge is 0.467 e. The Morgan fingerprint density at radius 3 is 2.59 bits per heavy atom. The summed E-state index contributed by atoms with van der Waals surface area (Å²) in [7, 11) is -4.11. The maximum atomic E-state index is 12.9. The molecule has 116 valence electrons. The lowest BCUT2D eigenvalue weighted by atomic mass is 10.0. The molecule has 0 aliphatic carbocycles. The highest BCUT2D eigenvalue weighted by Gasteiger charge is 2.58. The van der Waals surface area contributed by atoms with Crippen LogP contribution < -0.4 is 0 Å². The van der Waals surface area contributed by atoms with Gasteiger partial charge in [-0.05, 0) is 37.1 Å². The molecule has 1 spiro atoms. The van der Waals surface area contributed by atoms with Crippen LogP contribution in [0.25, 0.3) is 0 Å². The van der Waals surface area contributed by atoms with Gasteiger partial charge in [-0.1, -0.05) is 24.3 Å². The van der Waals surface area contributed by atoms with Crippen LogP contribution in [0.3, 0.4) is 0 Å². The molecule has 2 aliphatic rings. The van der Waals surface area contributed by atoms with Crippen LogP contribution >= 0.6 is 0 Å². The number of hydrogen-bond donors (Lipinski definition) is 0. The lowest BCUT2D eigenvalue weighted by Gasteiger charge is -2.36. The SMILES string of the molecule is C=C1CC=CO[C@@]12COC(=O)N2S(=O)(=O)c1ccc(C)cc1. The van der Waals surface area contributed by atoms with Crippen molar-refractivity contribution in [3.8, 4) is 0 Å². The molecule has 1 amide bonds. The van der Waals surface area contributed by atoms with Crippen molar-refractivity contribution in [3.63, 3.8) is 0 Å². The van der Waals surface area contributed by atoms with E-state index in [1.807, 2.05) is 6.92 Å². The summed E-state index contributed by atoms with van der Waals surface area (Å²) in [5.41, 5.74) is -0.134. The van der Waals surface area contributed by atoms with Crippen LogP contribution in [0.4, 0.5) is 4.79 Å². The van der Waals surface area contributed by atoms with Crippen molar-refractivity contribution >= 4 is 16.1 Å². The molecular formula is C15H15NO5S. The number of aryl methyl sites for hydroxylation is 1. The van der Waals surface area contributed by atoms with Gasteiger partial charge < -0.3 is 9.47 Å². The van der Waals surface area contributed by atoms with Crippen molar-refractivity contribution in [2.24, 2.45) is 0 Å². The average Bonchev–Trinajstić information content (AvgIpc) is 2.81. The molecule has 1 aromatic carbocycles. The lowest BCUT2D eigenvalue weighted by molar-refractivity contribution is -0.0146. The Bertz CT molecular complexity index is 766. The van der Waals surface area contributed by atoms with Crippen LogP contribution in [0.1, 0.15) is 12.0 Å². The fourth-order valence-corrected chi connectivity index (χ4v) is 4.01. The minimum atomic E-state index is -4.11. The summed E-state index contributed by atoms with van der Waals surface area (Å²) in [6.07, 6.45) is 2.52. The van der Waals surface area contributed by atoms with Crippen molar-refractivity contribution in [2.75, 3.05) is 6.61 Å². The zero-order valence-corrected chi connectivity index (χ0v) is 12.8. The molecule has 1 atom stereocenters. The Labute approximate surface area is 128 Å². The zero-order valence-electron chi connectivity index (χ0n) is 12.0. The van der Waals surface area contributed by atoms with Crippen LogP contribution in [0.5, 0.6) is 0 Å². The highest BCUT2D eigenvalue weighted by atomic mass is 32.2. The van der Waals surface area contributed by atoms with Crippen LogP contribution in [0.15, 0.2) is 53.7 Å². The molecule has 3 rings (SSSR count). The number of rotatable bonds is 2. The van der Waals surface area contributed by atoms with Gasteiger partial charge in [0, 0.05) is 0 Å². The van der Waals surface area contributed by atoms with Crippen molar-refractivity contribution in [3.05, 3.63) is 54.3 Å². The van der Waals surface area contributed by atoms with E-state index in [-0.39, 0.29) is 11.5 Å². The van der Waals surface area contributed by atoms with Crippen LogP contribution in [0.2, 0.25) is 0 Å². The van der Waals surface area contributed by atoms with E-state index >= 15 is 0 Å². The molecule has 6 nitrogen and oxygen atoms in total. The fourth-order valence-electron chi connectivity index (χ4n) is 2.45. The van der Waals surface area contributed by atoms with Gasteiger partial charge in [0.15, 0.2) is 6.61 Å².